The molecule has 2 saturated carbocycles. The lowest BCUT2D eigenvalue weighted by Gasteiger charge is -2.28. The van der Waals surface area contributed by atoms with Crippen LogP contribution >= 0.6 is 0 Å². The molecule has 0 amide bonds. The van der Waals surface area contributed by atoms with Crippen molar-refractivity contribution in [1.29, 1.82) is 0 Å². The summed E-state index contributed by atoms with van der Waals surface area (Å²) in [6.07, 6.45) is 5.48. The molecule has 3 rings (SSSR count). The van der Waals surface area contributed by atoms with E-state index in [-0.39, 0.29) is 18.2 Å². The molecule has 0 bridgehead atoms. The van der Waals surface area contributed by atoms with Gasteiger partial charge in [-0.3, -0.25) is 0 Å². The molecule has 0 spiro atoms. The van der Waals surface area contributed by atoms with Gasteiger partial charge < -0.3 is 19.9 Å². The fourth-order valence-corrected chi connectivity index (χ4v) is 3.03. The fraction of sp³-hybridized carbons (Fsp3) is 0.625. The Morgan fingerprint density at radius 3 is 2.80 bits per heavy atom. The zero-order valence-electron chi connectivity index (χ0n) is 12.0. The van der Waals surface area contributed by atoms with Gasteiger partial charge in [0.05, 0.1) is 13.7 Å². The van der Waals surface area contributed by atoms with Crippen LogP contribution < -0.4 is 14.8 Å². The van der Waals surface area contributed by atoms with E-state index in [1.54, 1.807) is 7.11 Å². The molecule has 4 nitrogen and oxygen atoms in total. The Bertz CT molecular complexity index is 461. The smallest absolute Gasteiger partial charge is 0.123 e. The van der Waals surface area contributed by atoms with Gasteiger partial charge in [-0.15, -0.1) is 0 Å². The first-order valence-electron chi connectivity index (χ1n) is 7.42. The van der Waals surface area contributed by atoms with Crippen LogP contribution in [0.5, 0.6) is 11.5 Å². The third-order valence-electron chi connectivity index (χ3n) is 4.30. The van der Waals surface area contributed by atoms with Gasteiger partial charge in [0, 0.05) is 24.1 Å². The summed E-state index contributed by atoms with van der Waals surface area (Å²) >= 11 is 0. The molecule has 0 saturated heterocycles. The van der Waals surface area contributed by atoms with E-state index in [2.05, 4.69) is 5.32 Å². The van der Waals surface area contributed by atoms with Crippen molar-refractivity contribution >= 4 is 0 Å². The van der Waals surface area contributed by atoms with Gasteiger partial charge in [0.15, 0.2) is 0 Å². The molecule has 2 aliphatic rings. The molecule has 2 atom stereocenters. The Labute approximate surface area is 120 Å². The van der Waals surface area contributed by atoms with Gasteiger partial charge in [0.2, 0.25) is 0 Å². The van der Waals surface area contributed by atoms with Gasteiger partial charge in [0.1, 0.15) is 17.6 Å². The predicted molar refractivity (Wildman–Crippen MR) is 77.2 cm³/mol. The largest absolute Gasteiger partial charge is 0.497 e. The molecule has 1 aromatic rings. The number of methoxy groups -OCH3 is 1. The van der Waals surface area contributed by atoms with Crippen LogP contribution in [0.3, 0.4) is 0 Å². The molecule has 0 aromatic heterocycles. The summed E-state index contributed by atoms with van der Waals surface area (Å²) in [4.78, 5) is 0. The highest BCUT2D eigenvalue weighted by Gasteiger charge is 2.42. The van der Waals surface area contributed by atoms with Gasteiger partial charge in [-0.05, 0) is 37.8 Å². The SMILES string of the molecule is COc1cccc(OC2CCC(CO)(NC3CC3)C2)c1. The molecule has 2 aliphatic carbocycles. The lowest BCUT2D eigenvalue weighted by Crippen LogP contribution is -2.48. The number of ether oxygens (including phenoxy) is 2. The van der Waals surface area contributed by atoms with E-state index >= 15 is 0 Å². The number of benzene rings is 1. The van der Waals surface area contributed by atoms with Crippen molar-refractivity contribution in [1.82, 2.24) is 5.32 Å². The van der Waals surface area contributed by atoms with Crippen molar-refractivity contribution in [3.63, 3.8) is 0 Å². The van der Waals surface area contributed by atoms with Crippen LogP contribution in [0.25, 0.3) is 0 Å². The zero-order valence-corrected chi connectivity index (χ0v) is 12.0. The number of rotatable bonds is 6. The third kappa shape index (κ3) is 3.07. The highest BCUT2D eigenvalue weighted by atomic mass is 16.5. The first-order chi connectivity index (χ1) is 9.73. The summed E-state index contributed by atoms with van der Waals surface area (Å²) in [5.41, 5.74) is -0.134. The van der Waals surface area contributed by atoms with Crippen LogP contribution in [0.4, 0.5) is 0 Å². The minimum Gasteiger partial charge on any atom is -0.497 e. The summed E-state index contributed by atoms with van der Waals surface area (Å²) < 4.78 is 11.3. The maximum atomic E-state index is 9.72. The minimum atomic E-state index is -0.134. The van der Waals surface area contributed by atoms with E-state index < -0.39 is 0 Å². The van der Waals surface area contributed by atoms with Gasteiger partial charge in [-0.25, -0.2) is 0 Å². The molecule has 0 heterocycles. The molecule has 2 fully saturated rings. The zero-order chi connectivity index (χ0) is 14.0. The Morgan fingerprint density at radius 2 is 2.10 bits per heavy atom. The van der Waals surface area contributed by atoms with Gasteiger partial charge in [0.25, 0.3) is 0 Å². The summed E-state index contributed by atoms with van der Waals surface area (Å²) in [5, 5.41) is 13.3. The average molecular weight is 277 g/mol. The summed E-state index contributed by atoms with van der Waals surface area (Å²) in [5.74, 6) is 1.65. The van der Waals surface area contributed by atoms with Crippen molar-refractivity contribution in [3.8, 4) is 11.5 Å². The number of nitrogens with one attached hydrogen (secondary N) is 1. The van der Waals surface area contributed by atoms with Crippen LogP contribution in [-0.2, 0) is 0 Å². The molecule has 1 aromatic carbocycles. The van der Waals surface area contributed by atoms with Gasteiger partial charge in [-0.1, -0.05) is 6.07 Å². The first-order valence-corrected chi connectivity index (χ1v) is 7.42. The number of hydrogen-bond donors (Lipinski definition) is 2. The van der Waals surface area contributed by atoms with E-state index in [0.29, 0.717) is 6.04 Å². The highest BCUT2D eigenvalue weighted by Crippen LogP contribution is 2.36. The van der Waals surface area contributed by atoms with Crippen LogP contribution in [-0.4, -0.2) is 36.5 Å². The quantitative estimate of drug-likeness (QED) is 0.836. The van der Waals surface area contributed by atoms with Crippen LogP contribution in [0, 0.1) is 0 Å². The standard InChI is InChI=1S/C16H23NO3/c1-19-13-3-2-4-14(9-13)20-15-7-8-16(10-15,11-18)17-12-5-6-12/h2-4,9,12,15,17-18H,5-8,10-11H2,1H3. The Kier molecular flexibility index (Phi) is 3.85. The van der Waals surface area contributed by atoms with Crippen LogP contribution in [0.15, 0.2) is 24.3 Å². The fourth-order valence-electron chi connectivity index (χ4n) is 3.03. The molecule has 0 aliphatic heterocycles. The van der Waals surface area contributed by atoms with E-state index in [1.165, 1.54) is 12.8 Å². The maximum absolute atomic E-state index is 9.72. The van der Waals surface area contributed by atoms with Crippen molar-refractivity contribution in [2.45, 2.75) is 49.8 Å². The third-order valence-corrected chi connectivity index (χ3v) is 4.30. The molecule has 110 valence electrons. The number of hydrogen-bond acceptors (Lipinski definition) is 4. The normalized spacial score (nSPS) is 29.4. The number of aliphatic hydroxyl groups excluding tert-OH is 1. The molecule has 4 heteroatoms. The minimum absolute atomic E-state index is 0.134. The van der Waals surface area contributed by atoms with Crippen molar-refractivity contribution in [3.05, 3.63) is 24.3 Å². The van der Waals surface area contributed by atoms with Crippen LogP contribution in [0.2, 0.25) is 0 Å². The second kappa shape index (κ2) is 5.62. The van der Waals surface area contributed by atoms with Gasteiger partial charge in [-0.2, -0.15) is 0 Å². The predicted octanol–water partition coefficient (Wildman–Crippen LogP) is 2.11. The van der Waals surface area contributed by atoms with Crippen LogP contribution in [0.1, 0.15) is 32.1 Å². The summed E-state index contributed by atoms with van der Waals surface area (Å²) in [6, 6.07) is 8.32. The lowest BCUT2D eigenvalue weighted by atomic mass is 9.98. The topological polar surface area (TPSA) is 50.7 Å². The lowest BCUT2D eigenvalue weighted by molar-refractivity contribution is 0.139. The molecule has 20 heavy (non-hydrogen) atoms. The maximum Gasteiger partial charge on any atom is 0.123 e. The molecular formula is C16H23NO3. The Balaban J connectivity index is 1.61. The second-order valence-electron chi connectivity index (χ2n) is 6.02. The van der Waals surface area contributed by atoms with Gasteiger partial charge >= 0.3 is 0 Å². The summed E-state index contributed by atoms with van der Waals surface area (Å²) in [7, 11) is 1.66. The monoisotopic (exact) mass is 277 g/mol. The first kappa shape index (κ1) is 13.7. The van der Waals surface area contributed by atoms with E-state index in [1.807, 2.05) is 24.3 Å². The Hall–Kier alpha value is -1.26. The second-order valence-corrected chi connectivity index (χ2v) is 6.02. The molecule has 2 unspecified atom stereocenters. The number of aliphatic hydroxyl groups is 1. The molecule has 0 radical (unpaired) electrons. The summed E-state index contributed by atoms with van der Waals surface area (Å²) in [6.45, 7) is 0.196. The van der Waals surface area contributed by atoms with Crippen molar-refractivity contribution in [2.75, 3.05) is 13.7 Å². The van der Waals surface area contributed by atoms with E-state index in [9.17, 15) is 5.11 Å². The van der Waals surface area contributed by atoms with E-state index in [0.717, 1.165) is 30.8 Å². The Morgan fingerprint density at radius 1 is 1.30 bits per heavy atom. The van der Waals surface area contributed by atoms with E-state index in [4.69, 9.17) is 9.47 Å². The highest BCUT2D eigenvalue weighted by molar-refractivity contribution is 5.33. The average Bonchev–Trinajstić information content (AvgIpc) is 3.19. The van der Waals surface area contributed by atoms with Crippen molar-refractivity contribution in [2.24, 2.45) is 0 Å². The molecular weight excluding hydrogens is 254 g/mol. The molecule has 2 N–H and O–H groups in total. The van der Waals surface area contributed by atoms with Crippen molar-refractivity contribution < 1.29 is 14.6 Å².